The normalized spacial score (nSPS) is 12.9. The van der Waals surface area contributed by atoms with E-state index < -0.39 is 0 Å². The third-order valence-corrected chi connectivity index (χ3v) is 2.43. The molecule has 0 rings (SSSR count). The second-order valence-corrected chi connectivity index (χ2v) is 4.05. The lowest BCUT2D eigenvalue weighted by atomic mass is 10.3. The number of rotatable bonds is 13. The predicted molar refractivity (Wildman–Crippen MR) is 86.1 cm³/mol. The molecular formula is C17H30O4. The fraction of sp³-hybridized carbons (Fsp3) is 0.647. The summed E-state index contributed by atoms with van der Waals surface area (Å²) < 4.78 is 21.7. The molecule has 21 heavy (non-hydrogen) atoms. The molecule has 0 spiro atoms. The zero-order valence-corrected chi connectivity index (χ0v) is 13.8. The van der Waals surface area contributed by atoms with Crippen LogP contribution < -0.4 is 0 Å². The van der Waals surface area contributed by atoms with Gasteiger partial charge in [0.1, 0.15) is 0 Å². The van der Waals surface area contributed by atoms with Gasteiger partial charge in [0.05, 0.1) is 0 Å². The summed E-state index contributed by atoms with van der Waals surface area (Å²) in [6.45, 7) is 10.4. The average Bonchev–Trinajstić information content (AvgIpc) is 2.47. The van der Waals surface area contributed by atoms with Gasteiger partial charge in [-0.3, -0.25) is 0 Å². The SMILES string of the molecule is CCOC(C=CC=CC=CCC(OCC)OCC)OCC. The van der Waals surface area contributed by atoms with Crippen LogP contribution in [0.1, 0.15) is 34.1 Å². The van der Waals surface area contributed by atoms with Crippen LogP contribution in [0, 0.1) is 0 Å². The van der Waals surface area contributed by atoms with Crippen LogP contribution in [0.25, 0.3) is 0 Å². The molecule has 0 unspecified atom stereocenters. The highest BCUT2D eigenvalue weighted by Crippen LogP contribution is 2.02. The minimum Gasteiger partial charge on any atom is -0.353 e. The molecule has 0 aromatic heterocycles. The molecule has 122 valence electrons. The first-order chi connectivity index (χ1) is 10.3. The topological polar surface area (TPSA) is 36.9 Å². The van der Waals surface area contributed by atoms with Gasteiger partial charge < -0.3 is 18.9 Å². The summed E-state index contributed by atoms with van der Waals surface area (Å²) in [5.74, 6) is 0. The second kappa shape index (κ2) is 15.4. The Morgan fingerprint density at radius 2 is 1.19 bits per heavy atom. The lowest BCUT2D eigenvalue weighted by Gasteiger charge is -2.14. The lowest BCUT2D eigenvalue weighted by molar-refractivity contribution is -0.133. The van der Waals surface area contributed by atoms with E-state index in [0.29, 0.717) is 26.4 Å². The standard InChI is InChI=1S/C17H30O4/c1-5-18-16(19-6-2)14-12-10-9-11-13-15-17(20-7-3)21-8-4/h9-14,16-17H,5-8,15H2,1-4H3. The first kappa shape index (κ1) is 20.1. The number of hydrogen-bond acceptors (Lipinski definition) is 4. The van der Waals surface area contributed by atoms with Crippen molar-refractivity contribution in [2.45, 2.75) is 46.7 Å². The van der Waals surface area contributed by atoms with Crippen LogP contribution in [0.3, 0.4) is 0 Å². The van der Waals surface area contributed by atoms with Gasteiger partial charge in [0.2, 0.25) is 0 Å². The van der Waals surface area contributed by atoms with E-state index in [1.807, 2.05) is 64.2 Å². The smallest absolute Gasteiger partial charge is 0.177 e. The predicted octanol–water partition coefficient (Wildman–Crippen LogP) is 3.84. The Labute approximate surface area is 129 Å². The van der Waals surface area contributed by atoms with Gasteiger partial charge >= 0.3 is 0 Å². The van der Waals surface area contributed by atoms with E-state index in [9.17, 15) is 0 Å². The summed E-state index contributed by atoms with van der Waals surface area (Å²) in [5, 5.41) is 0. The Kier molecular flexibility index (Phi) is 14.8. The quantitative estimate of drug-likeness (QED) is 0.382. The molecule has 0 aromatic carbocycles. The Morgan fingerprint density at radius 1 is 0.667 bits per heavy atom. The van der Waals surface area contributed by atoms with Crippen LogP contribution in [0.4, 0.5) is 0 Å². The van der Waals surface area contributed by atoms with Crippen molar-refractivity contribution >= 4 is 0 Å². The monoisotopic (exact) mass is 298 g/mol. The van der Waals surface area contributed by atoms with Crippen molar-refractivity contribution in [2.24, 2.45) is 0 Å². The number of hydrogen-bond donors (Lipinski definition) is 0. The molecule has 0 aliphatic carbocycles. The molecule has 0 aliphatic rings. The zero-order chi connectivity index (χ0) is 15.8. The van der Waals surface area contributed by atoms with Gasteiger partial charge in [-0.25, -0.2) is 0 Å². The van der Waals surface area contributed by atoms with Crippen LogP contribution in [-0.2, 0) is 18.9 Å². The van der Waals surface area contributed by atoms with E-state index in [4.69, 9.17) is 18.9 Å². The Morgan fingerprint density at radius 3 is 1.71 bits per heavy atom. The van der Waals surface area contributed by atoms with E-state index >= 15 is 0 Å². The number of allylic oxidation sites excluding steroid dienone is 4. The van der Waals surface area contributed by atoms with Crippen LogP contribution in [0.5, 0.6) is 0 Å². The van der Waals surface area contributed by atoms with Crippen molar-refractivity contribution in [3.05, 3.63) is 36.5 Å². The van der Waals surface area contributed by atoms with E-state index in [1.54, 1.807) is 0 Å². The Balaban J connectivity index is 4.03. The summed E-state index contributed by atoms with van der Waals surface area (Å²) >= 11 is 0. The van der Waals surface area contributed by atoms with E-state index in [-0.39, 0.29) is 12.6 Å². The molecule has 0 heterocycles. The Hall–Kier alpha value is -0.940. The minimum absolute atomic E-state index is 0.152. The van der Waals surface area contributed by atoms with Gasteiger partial charge in [-0.15, -0.1) is 0 Å². The first-order valence-corrected chi connectivity index (χ1v) is 7.74. The van der Waals surface area contributed by atoms with Gasteiger partial charge in [-0.05, 0) is 33.8 Å². The van der Waals surface area contributed by atoms with Crippen LogP contribution in [-0.4, -0.2) is 39.0 Å². The fourth-order valence-electron chi connectivity index (χ4n) is 1.60. The maximum atomic E-state index is 5.45. The van der Waals surface area contributed by atoms with Gasteiger partial charge in [0, 0.05) is 32.8 Å². The lowest BCUT2D eigenvalue weighted by Crippen LogP contribution is -2.16. The van der Waals surface area contributed by atoms with Crippen molar-refractivity contribution in [2.75, 3.05) is 26.4 Å². The first-order valence-electron chi connectivity index (χ1n) is 7.74. The van der Waals surface area contributed by atoms with E-state index in [2.05, 4.69) is 0 Å². The molecule has 4 heteroatoms. The maximum absolute atomic E-state index is 5.45. The summed E-state index contributed by atoms with van der Waals surface area (Å²) in [4.78, 5) is 0. The number of ether oxygens (including phenoxy) is 4. The molecule has 0 bridgehead atoms. The molecule has 0 fully saturated rings. The molecule has 0 aromatic rings. The highest BCUT2D eigenvalue weighted by Gasteiger charge is 2.03. The van der Waals surface area contributed by atoms with E-state index in [0.717, 1.165) is 6.42 Å². The van der Waals surface area contributed by atoms with E-state index in [1.165, 1.54) is 0 Å². The van der Waals surface area contributed by atoms with Crippen molar-refractivity contribution in [1.29, 1.82) is 0 Å². The summed E-state index contributed by atoms with van der Waals surface area (Å²) in [7, 11) is 0. The van der Waals surface area contributed by atoms with Crippen molar-refractivity contribution in [1.82, 2.24) is 0 Å². The highest BCUT2D eigenvalue weighted by atomic mass is 16.7. The van der Waals surface area contributed by atoms with Crippen molar-refractivity contribution < 1.29 is 18.9 Å². The summed E-state index contributed by atoms with van der Waals surface area (Å²) in [5.41, 5.74) is 0. The summed E-state index contributed by atoms with van der Waals surface area (Å²) in [6, 6.07) is 0. The zero-order valence-electron chi connectivity index (χ0n) is 13.8. The molecule has 0 amide bonds. The molecule has 0 radical (unpaired) electrons. The van der Waals surface area contributed by atoms with Crippen LogP contribution >= 0.6 is 0 Å². The molecule has 0 N–H and O–H groups in total. The van der Waals surface area contributed by atoms with Gasteiger partial charge in [0.25, 0.3) is 0 Å². The van der Waals surface area contributed by atoms with Gasteiger partial charge in [0.15, 0.2) is 12.6 Å². The van der Waals surface area contributed by atoms with Crippen LogP contribution in [0.15, 0.2) is 36.5 Å². The Bertz CT molecular complexity index is 285. The second-order valence-electron chi connectivity index (χ2n) is 4.05. The van der Waals surface area contributed by atoms with Gasteiger partial charge in [-0.2, -0.15) is 0 Å². The summed E-state index contributed by atoms with van der Waals surface area (Å²) in [6.07, 6.45) is 12.0. The third-order valence-electron chi connectivity index (χ3n) is 2.43. The molecule has 0 saturated heterocycles. The molecule has 4 nitrogen and oxygen atoms in total. The maximum Gasteiger partial charge on any atom is 0.177 e. The minimum atomic E-state index is -0.270. The average molecular weight is 298 g/mol. The van der Waals surface area contributed by atoms with Crippen LogP contribution in [0.2, 0.25) is 0 Å². The molecule has 0 saturated carbocycles. The third kappa shape index (κ3) is 12.5. The molecule has 0 aliphatic heterocycles. The van der Waals surface area contributed by atoms with Crippen molar-refractivity contribution in [3.63, 3.8) is 0 Å². The molecule has 0 atom stereocenters. The highest BCUT2D eigenvalue weighted by molar-refractivity contribution is 5.11. The fourth-order valence-corrected chi connectivity index (χ4v) is 1.60. The molecular weight excluding hydrogens is 268 g/mol. The largest absolute Gasteiger partial charge is 0.353 e. The van der Waals surface area contributed by atoms with Crippen molar-refractivity contribution in [3.8, 4) is 0 Å². The van der Waals surface area contributed by atoms with Gasteiger partial charge in [-0.1, -0.05) is 30.4 Å².